The van der Waals surface area contributed by atoms with Crippen LogP contribution in [0.3, 0.4) is 0 Å². The van der Waals surface area contributed by atoms with Crippen LogP contribution in [0.4, 0.5) is 0 Å². The smallest absolute Gasteiger partial charge is 0.332 e. The van der Waals surface area contributed by atoms with Crippen molar-refractivity contribution in [1.29, 1.82) is 0 Å². The van der Waals surface area contributed by atoms with Gasteiger partial charge in [0, 0.05) is 18.5 Å². The number of methoxy groups -OCH3 is 1. The second kappa shape index (κ2) is 12.5. The van der Waals surface area contributed by atoms with E-state index in [4.69, 9.17) is 30.5 Å². The number of hydrogen-bond acceptors (Lipinski definition) is 11. The maximum absolute atomic E-state index is 13.2. The van der Waals surface area contributed by atoms with Gasteiger partial charge in [-0.1, -0.05) is 31.5 Å². The summed E-state index contributed by atoms with van der Waals surface area (Å²) in [7, 11) is 1.30. The number of aromatic nitrogens is 2. The summed E-state index contributed by atoms with van der Waals surface area (Å²) in [5, 5.41) is 12.8. The molecule has 204 valence electrons. The number of ether oxygens (including phenoxy) is 4. The highest BCUT2D eigenvalue weighted by molar-refractivity contribution is 6.29. The van der Waals surface area contributed by atoms with Gasteiger partial charge in [-0.2, -0.15) is 0 Å². The van der Waals surface area contributed by atoms with Crippen molar-refractivity contribution in [3.8, 4) is 11.5 Å². The Balaban J connectivity index is 1.88. The summed E-state index contributed by atoms with van der Waals surface area (Å²) < 4.78 is 21.5. The third-order valence-corrected chi connectivity index (χ3v) is 5.96. The normalized spacial score (nSPS) is 21.8. The molecule has 3 heterocycles. The molecule has 1 fully saturated rings. The van der Waals surface area contributed by atoms with Crippen molar-refractivity contribution in [2.75, 3.05) is 13.7 Å². The summed E-state index contributed by atoms with van der Waals surface area (Å²) >= 11 is 5.86. The topological polar surface area (TPSA) is 163 Å². The fraction of sp³-hybridized carbons (Fsp3) is 0.440. The van der Waals surface area contributed by atoms with E-state index in [1.54, 1.807) is 26.0 Å². The van der Waals surface area contributed by atoms with E-state index in [0.717, 1.165) is 0 Å². The van der Waals surface area contributed by atoms with Gasteiger partial charge in [0.2, 0.25) is 0 Å². The third kappa shape index (κ3) is 6.88. The number of halogens is 1. The lowest BCUT2D eigenvalue weighted by Crippen LogP contribution is -2.47. The van der Waals surface area contributed by atoms with Crippen LogP contribution in [0.5, 0.6) is 11.5 Å². The average molecular weight is 550 g/mol. The molecule has 0 bridgehead atoms. The minimum absolute atomic E-state index is 0.00316. The van der Waals surface area contributed by atoms with E-state index in [1.165, 1.54) is 32.5 Å². The third-order valence-electron chi connectivity index (χ3n) is 5.74. The number of pyridine rings is 2. The lowest BCUT2D eigenvalue weighted by atomic mass is 9.91. The van der Waals surface area contributed by atoms with Crippen molar-refractivity contribution in [3.05, 3.63) is 47.0 Å². The van der Waals surface area contributed by atoms with Gasteiger partial charge in [0.1, 0.15) is 23.8 Å². The van der Waals surface area contributed by atoms with Gasteiger partial charge in [0.15, 0.2) is 29.3 Å². The molecule has 4 atom stereocenters. The van der Waals surface area contributed by atoms with Crippen molar-refractivity contribution in [2.45, 2.75) is 45.4 Å². The van der Waals surface area contributed by atoms with Crippen LogP contribution >= 0.6 is 11.6 Å². The Morgan fingerprint density at radius 2 is 1.95 bits per heavy atom. The van der Waals surface area contributed by atoms with Gasteiger partial charge in [0.25, 0.3) is 5.91 Å². The van der Waals surface area contributed by atoms with Crippen LogP contribution in [0.1, 0.15) is 36.8 Å². The molecule has 1 aliphatic heterocycles. The quantitative estimate of drug-likeness (QED) is 0.294. The Labute approximate surface area is 223 Å². The molecule has 1 saturated heterocycles. The van der Waals surface area contributed by atoms with Crippen molar-refractivity contribution in [3.63, 3.8) is 0 Å². The van der Waals surface area contributed by atoms with Crippen molar-refractivity contribution < 1.29 is 43.2 Å². The molecule has 0 aliphatic carbocycles. The van der Waals surface area contributed by atoms with E-state index >= 15 is 0 Å². The van der Waals surface area contributed by atoms with E-state index in [2.05, 4.69) is 15.3 Å². The lowest BCUT2D eigenvalue weighted by molar-refractivity contribution is -0.176. The maximum Gasteiger partial charge on any atom is 0.332 e. The Morgan fingerprint density at radius 3 is 2.58 bits per heavy atom. The molecule has 0 unspecified atom stereocenters. The van der Waals surface area contributed by atoms with Crippen LogP contribution < -0.4 is 10.1 Å². The predicted octanol–water partition coefficient (Wildman–Crippen LogP) is 1.86. The fourth-order valence-corrected chi connectivity index (χ4v) is 3.77. The van der Waals surface area contributed by atoms with E-state index in [-0.39, 0.29) is 17.3 Å². The molecule has 38 heavy (non-hydrogen) atoms. The molecule has 1 amide bonds. The van der Waals surface area contributed by atoms with Crippen LogP contribution in [0.2, 0.25) is 5.15 Å². The molecule has 2 N–H and O–H groups in total. The number of carbonyl (C=O) groups excluding carboxylic acids is 4. The minimum atomic E-state index is -1.45. The van der Waals surface area contributed by atoms with Crippen LogP contribution in [0.15, 0.2) is 30.6 Å². The molecule has 0 aromatic carbocycles. The Hall–Kier alpha value is -3.93. The maximum atomic E-state index is 13.2. The Morgan fingerprint density at radius 1 is 1.21 bits per heavy atom. The molecule has 1 aliphatic rings. The molecule has 13 heteroatoms. The zero-order valence-corrected chi connectivity index (χ0v) is 21.9. The Bertz CT molecular complexity index is 1190. The highest BCUT2D eigenvalue weighted by Gasteiger charge is 2.42. The number of hydrogen-bond donors (Lipinski definition) is 2. The van der Waals surface area contributed by atoms with Gasteiger partial charge in [-0.05, 0) is 25.0 Å². The monoisotopic (exact) mass is 549 g/mol. The summed E-state index contributed by atoms with van der Waals surface area (Å²) in [6.07, 6.45) is 0.455. The molecule has 2 aromatic heterocycles. The summed E-state index contributed by atoms with van der Waals surface area (Å²) in [5.74, 6) is -5.39. The standard InChI is InChI=1S/C25H28ClN3O9/c1-12(2)23(32)38-21-13(3)37-25(34)16(29-22(31)19-20(30)17(35-4)7-8-27-19)11-36-24(33)15(21)9-14-5-6-18(26)28-10-14/h5-8,10,12-13,15-16,21,30H,9,11H2,1-4H3,(H,29,31)/t13-,15+,16-,21-/m0/s1. The van der Waals surface area contributed by atoms with Gasteiger partial charge in [-0.15, -0.1) is 0 Å². The molecule has 2 aromatic rings. The highest BCUT2D eigenvalue weighted by Crippen LogP contribution is 2.28. The van der Waals surface area contributed by atoms with Crippen LogP contribution in [-0.2, 0) is 35.0 Å². The molecule has 12 nitrogen and oxygen atoms in total. The number of aromatic hydroxyl groups is 1. The number of nitrogens with zero attached hydrogens (tertiary/aromatic N) is 2. The van der Waals surface area contributed by atoms with Crippen molar-refractivity contribution in [1.82, 2.24) is 15.3 Å². The first-order chi connectivity index (χ1) is 18.0. The van der Waals surface area contributed by atoms with Crippen LogP contribution in [-0.4, -0.2) is 70.9 Å². The van der Waals surface area contributed by atoms with E-state index in [9.17, 15) is 24.3 Å². The largest absolute Gasteiger partial charge is 0.503 e. The molecule has 0 radical (unpaired) electrons. The number of nitrogens with one attached hydrogen (secondary N) is 1. The summed E-state index contributed by atoms with van der Waals surface area (Å²) in [6.45, 7) is 4.13. The lowest BCUT2D eigenvalue weighted by Gasteiger charge is -2.29. The van der Waals surface area contributed by atoms with Gasteiger partial charge in [0.05, 0.1) is 13.0 Å². The molecular weight excluding hydrogens is 522 g/mol. The summed E-state index contributed by atoms with van der Waals surface area (Å²) in [4.78, 5) is 59.3. The second-order valence-corrected chi connectivity index (χ2v) is 9.25. The van der Waals surface area contributed by atoms with Crippen LogP contribution in [0.25, 0.3) is 0 Å². The van der Waals surface area contributed by atoms with Crippen LogP contribution in [0, 0.1) is 11.8 Å². The highest BCUT2D eigenvalue weighted by atomic mass is 35.5. The molecule has 0 saturated carbocycles. The zero-order chi connectivity index (χ0) is 28.0. The minimum Gasteiger partial charge on any atom is -0.503 e. The number of amides is 1. The van der Waals surface area contributed by atoms with E-state index in [0.29, 0.717) is 5.56 Å². The van der Waals surface area contributed by atoms with Crippen molar-refractivity contribution in [2.24, 2.45) is 11.8 Å². The molecular formula is C25H28ClN3O9. The SMILES string of the molecule is COc1ccnc(C(=O)N[C@H]2COC(=O)[C@H](Cc3ccc(Cl)nc3)[C@@H](OC(=O)C(C)C)[C@H](C)OC2=O)c1O. The summed E-state index contributed by atoms with van der Waals surface area (Å²) in [6, 6.07) is 3.10. The molecule has 3 rings (SSSR count). The number of cyclic esters (lactones) is 2. The Kier molecular flexibility index (Phi) is 9.45. The summed E-state index contributed by atoms with van der Waals surface area (Å²) in [5.41, 5.74) is 0.192. The van der Waals surface area contributed by atoms with Gasteiger partial charge in [-0.3, -0.25) is 14.4 Å². The second-order valence-electron chi connectivity index (χ2n) is 8.86. The van der Waals surface area contributed by atoms with E-state index in [1.807, 2.05) is 0 Å². The van der Waals surface area contributed by atoms with Crippen molar-refractivity contribution >= 4 is 35.4 Å². The first kappa shape index (κ1) is 28.6. The van der Waals surface area contributed by atoms with E-state index < -0.39 is 72.0 Å². The predicted molar refractivity (Wildman–Crippen MR) is 131 cm³/mol. The van der Waals surface area contributed by atoms with Gasteiger partial charge in [-0.25, -0.2) is 14.8 Å². The number of carbonyl (C=O) groups is 4. The number of rotatable bonds is 7. The first-order valence-corrected chi connectivity index (χ1v) is 12.1. The zero-order valence-electron chi connectivity index (χ0n) is 21.2. The van der Waals surface area contributed by atoms with Gasteiger partial charge >= 0.3 is 17.9 Å². The number of esters is 3. The van der Waals surface area contributed by atoms with Gasteiger partial charge < -0.3 is 29.4 Å². The first-order valence-electron chi connectivity index (χ1n) is 11.7. The fourth-order valence-electron chi connectivity index (χ4n) is 3.66. The molecule has 0 spiro atoms. The average Bonchev–Trinajstić information content (AvgIpc) is 2.91.